The van der Waals surface area contributed by atoms with Gasteiger partial charge in [-0.25, -0.2) is 9.59 Å². The number of hydrogen-bond donors (Lipinski definition) is 1. The third-order valence-electron chi connectivity index (χ3n) is 3.59. The molecule has 1 fully saturated rings. The number of amides is 2. The van der Waals surface area contributed by atoms with Crippen molar-refractivity contribution in [3.05, 3.63) is 35.4 Å². The third-order valence-corrected chi connectivity index (χ3v) is 3.59. The number of carboxylic acid groups (broad SMARTS) is 1. The molecule has 1 aliphatic heterocycles. The Bertz CT molecular complexity index is 594. The second-order valence-corrected chi connectivity index (χ2v) is 5.14. The minimum absolute atomic E-state index is 0.290. The maximum atomic E-state index is 12.3. The summed E-state index contributed by atoms with van der Waals surface area (Å²) < 4.78 is 0. The number of hydrogen-bond acceptors (Lipinski definition) is 3. The maximum Gasteiger partial charge on any atom is 0.326 e. The van der Waals surface area contributed by atoms with E-state index in [4.69, 9.17) is 10.4 Å². The van der Waals surface area contributed by atoms with Gasteiger partial charge in [0.05, 0.1) is 11.6 Å². The molecule has 1 N–H and O–H groups in total. The van der Waals surface area contributed by atoms with Gasteiger partial charge in [0.15, 0.2) is 0 Å². The van der Waals surface area contributed by atoms with Gasteiger partial charge in [-0.1, -0.05) is 12.1 Å². The van der Waals surface area contributed by atoms with Crippen molar-refractivity contribution in [2.45, 2.75) is 25.4 Å². The molecule has 21 heavy (non-hydrogen) atoms. The van der Waals surface area contributed by atoms with Crippen LogP contribution in [-0.4, -0.2) is 46.5 Å². The van der Waals surface area contributed by atoms with Crippen molar-refractivity contribution in [3.63, 3.8) is 0 Å². The van der Waals surface area contributed by atoms with Gasteiger partial charge in [0.1, 0.15) is 6.04 Å². The molecule has 6 heteroatoms. The molecule has 0 aliphatic carbocycles. The molecule has 0 spiro atoms. The lowest BCUT2D eigenvalue weighted by Gasteiger charge is -2.27. The molecule has 1 saturated heterocycles. The van der Waals surface area contributed by atoms with Crippen LogP contribution in [0.1, 0.15) is 24.0 Å². The Labute approximate surface area is 123 Å². The summed E-state index contributed by atoms with van der Waals surface area (Å²) in [7, 11) is 1.64. The molecule has 0 bridgehead atoms. The fourth-order valence-corrected chi connectivity index (χ4v) is 2.55. The fourth-order valence-electron chi connectivity index (χ4n) is 2.55. The van der Waals surface area contributed by atoms with Crippen molar-refractivity contribution in [1.82, 2.24) is 9.80 Å². The zero-order valence-corrected chi connectivity index (χ0v) is 11.8. The van der Waals surface area contributed by atoms with Crippen LogP contribution in [0.3, 0.4) is 0 Å². The van der Waals surface area contributed by atoms with Crippen LogP contribution in [0.4, 0.5) is 4.79 Å². The van der Waals surface area contributed by atoms with Crippen molar-refractivity contribution >= 4 is 12.0 Å². The van der Waals surface area contributed by atoms with E-state index in [1.54, 1.807) is 25.2 Å². The molecule has 1 unspecified atom stereocenters. The average Bonchev–Trinajstić information content (AvgIpc) is 2.96. The van der Waals surface area contributed by atoms with E-state index in [9.17, 15) is 9.59 Å². The molecule has 0 aromatic heterocycles. The zero-order chi connectivity index (χ0) is 15.4. The van der Waals surface area contributed by atoms with Gasteiger partial charge in [-0.2, -0.15) is 5.26 Å². The number of likely N-dealkylation sites (tertiary alicyclic amines) is 1. The highest BCUT2D eigenvalue weighted by atomic mass is 16.4. The topological polar surface area (TPSA) is 84.6 Å². The SMILES string of the molecule is CN(Cc1cccc(C#N)c1)C(=O)N1CCCC1C(=O)O. The quantitative estimate of drug-likeness (QED) is 0.916. The minimum Gasteiger partial charge on any atom is -0.480 e. The molecule has 1 heterocycles. The summed E-state index contributed by atoms with van der Waals surface area (Å²) in [4.78, 5) is 26.4. The van der Waals surface area contributed by atoms with Crippen LogP contribution in [0, 0.1) is 11.3 Å². The van der Waals surface area contributed by atoms with Crippen LogP contribution in [-0.2, 0) is 11.3 Å². The van der Waals surface area contributed by atoms with Crippen molar-refractivity contribution in [2.24, 2.45) is 0 Å². The number of nitriles is 1. The van der Waals surface area contributed by atoms with Gasteiger partial charge < -0.3 is 14.9 Å². The van der Waals surface area contributed by atoms with Crippen molar-refractivity contribution in [1.29, 1.82) is 5.26 Å². The Morgan fingerprint density at radius 1 is 1.52 bits per heavy atom. The molecule has 0 saturated carbocycles. The second-order valence-electron chi connectivity index (χ2n) is 5.14. The number of carbonyl (C=O) groups excluding carboxylic acids is 1. The zero-order valence-electron chi connectivity index (χ0n) is 11.8. The summed E-state index contributed by atoms with van der Waals surface area (Å²) in [6.45, 7) is 0.815. The summed E-state index contributed by atoms with van der Waals surface area (Å²) in [6, 6.07) is 8.06. The smallest absolute Gasteiger partial charge is 0.326 e. The first-order valence-corrected chi connectivity index (χ1v) is 6.76. The number of aliphatic carboxylic acids is 1. The Hall–Kier alpha value is -2.55. The van der Waals surface area contributed by atoms with Gasteiger partial charge >= 0.3 is 12.0 Å². The lowest BCUT2D eigenvalue weighted by atomic mass is 10.1. The van der Waals surface area contributed by atoms with Crippen LogP contribution in [0.5, 0.6) is 0 Å². The molecule has 1 aliphatic rings. The molecular formula is C15H17N3O3. The highest BCUT2D eigenvalue weighted by molar-refractivity contribution is 5.83. The van der Waals surface area contributed by atoms with E-state index in [0.717, 1.165) is 5.56 Å². The summed E-state index contributed by atoms with van der Waals surface area (Å²) in [5.74, 6) is -0.958. The molecule has 1 aromatic carbocycles. The largest absolute Gasteiger partial charge is 0.480 e. The van der Waals surface area contributed by atoms with Crippen LogP contribution >= 0.6 is 0 Å². The highest BCUT2D eigenvalue weighted by Gasteiger charge is 2.35. The normalized spacial score (nSPS) is 17.3. The van der Waals surface area contributed by atoms with Gasteiger partial charge in [-0.05, 0) is 30.5 Å². The number of benzene rings is 1. The minimum atomic E-state index is -0.958. The van der Waals surface area contributed by atoms with Gasteiger partial charge in [-0.3, -0.25) is 0 Å². The molecule has 1 atom stereocenters. The summed E-state index contributed by atoms with van der Waals surface area (Å²) in [5, 5.41) is 18.0. The predicted octanol–water partition coefficient (Wildman–Crippen LogP) is 1.66. The first-order chi connectivity index (χ1) is 10.0. The van der Waals surface area contributed by atoms with Crippen molar-refractivity contribution in [3.8, 4) is 6.07 Å². The average molecular weight is 287 g/mol. The standard InChI is InChI=1S/C15H17N3O3/c1-17(10-12-5-2-4-11(8-12)9-16)15(21)18-7-3-6-13(18)14(19)20/h2,4-5,8,13H,3,6-7,10H2,1H3,(H,19,20). The van der Waals surface area contributed by atoms with Crippen LogP contribution < -0.4 is 0 Å². The molecule has 2 rings (SSSR count). The van der Waals surface area contributed by atoms with E-state index in [0.29, 0.717) is 31.5 Å². The van der Waals surface area contributed by atoms with Crippen LogP contribution in [0.25, 0.3) is 0 Å². The second kappa shape index (κ2) is 6.27. The van der Waals surface area contributed by atoms with Gasteiger partial charge in [-0.15, -0.1) is 0 Å². The van der Waals surface area contributed by atoms with E-state index >= 15 is 0 Å². The van der Waals surface area contributed by atoms with E-state index in [2.05, 4.69) is 6.07 Å². The Balaban J connectivity index is 2.05. The third kappa shape index (κ3) is 3.31. The maximum absolute atomic E-state index is 12.3. The van der Waals surface area contributed by atoms with E-state index < -0.39 is 12.0 Å². The lowest BCUT2D eigenvalue weighted by molar-refractivity contribution is -0.141. The number of rotatable bonds is 3. The summed E-state index contributed by atoms with van der Waals surface area (Å²) in [6.07, 6.45) is 1.21. The molecule has 6 nitrogen and oxygen atoms in total. The van der Waals surface area contributed by atoms with E-state index in [1.165, 1.54) is 9.80 Å². The molecule has 1 aromatic rings. The van der Waals surface area contributed by atoms with Gasteiger partial charge in [0.25, 0.3) is 0 Å². The first kappa shape index (κ1) is 14.9. The summed E-state index contributed by atoms with van der Waals surface area (Å²) in [5.41, 5.74) is 1.38. The lowest BCUT2D eigenvalue weighted by Crippen LogP contribution is -2.46. The Morgan fingerprint density at radius 3 is 2.95 bits per heavy atom. The number of carbonyl (C=O) groups is 2. The van der Waals surface area contributed by atoms with Crippen molar-refractivity contribution in [2.75, 3.05) is 13.6 Å². The van der Waals surface area contributed by atoms with Crippen molar-refractivity contribution < 1.29 is 14.7 Å². The van der Waals surface area contributed by atoms with Gasteiger partial charge in [0, 0.05) is 20.1 Å². The summed E-state index contributed by atoms with van der Waals surface area (Å²) >= 11 is 0. The molecule has 110 valence electrons. The number of urea groups is 1. The molecular weight excluding hydrogens is 270 g/mol. The molecule has 0 radical (unpaired) electrons. The molecule has 2 amide bonds. The first-order valence-electron chi connectivity index (χ1n) is 6.76. The predicted molar refractivity (Wildman–Crippen MR) is 75.4 cm³/mol. The highest BCUT2D eigenvalue weighted by Crippen LogP contribution is 2.19. The van der Waals surface area contributed by atoms with Gasteiger partial charge in [0.2, 0.25) is 0 Å². The van der Waals surface area contributed by atoms with Crippen LogP contribution in [0.2, 0.25) is 0 Å². The fraction of sp³-hybridized carbons (Fsp3) is 0.400. The monoisotopic (exact) mass is 287 g/mol. The van der Waals surface area contributed by atoms with E-state index in [1.807, 2.05) is 6.07 Å². The van der Waals surface area contributed by atoms with E-state index in [-0.39, 0.29) is 6.03 Å². The number of nitrogens with zero attached hydrogens (tertiary/aromatic N) is 3. The van der Waals surface area contributed by atoms with Crippen LogP contribution in [0.15, 0.2) is 24.3 Å². The Kier molecular flexibility index (Phi) is 4.43. The Morgan fingerprint density at radius 2 is 2.29 bits per heavy atom. The number of carboxylic acids is 1.